The third-order valence-electron chi connectivity index (χ3n) is 2.23. The van der Waals surface area contributed by atoms with Crippen molar-refractivity contribution in [2.24, 2.45) is 0 Å². The van der Waals surface area contributed by atoms with Crippen molar-refractivity contribution in [3.63, 3.8) is 0 Å². The summed E-state index contributed by atoms with van der Waals surface area (Å²) < 4.78 is 10.2. The molecule has 4 heteroatoms. The number of ether oxygens (including phenoxy) is 2. The highest BCUT2D eigenvalue weighted by Gasteiger charge is 2.00. The van der Waals surface area contributed by atoms with Crippen molar-refractivity contribution in [3.8, 4) is 5.75 Å². The molecule has 104 valence electrons. The SMILES string of the molecule is C.C=CC(=O)OCCCOc1ccc(C(C)=O)cc1. The topological polar surface area (TPSA) is 52.6 Å². The van der Waals surface area contributed by atoms with E-state index in [-0.39, 0.29) is 13.2 Å². The van der Waals surface area contributed by atoms with E-state index in [9.17, 15) is 9.59 Å². The van der Waals surface area contributed by atoms with Crippen molar-refractivity contribution in [1.29, 1.82) is 0 Å². The Balaban J connectivity index is 0.00000324. The van der Waals surface area contributed by atoms with Crippen LogP contribution in [-0.4, -0.2) is 25.0 Å². The van der Waals surface area contributed by atoms with E-state index >= 15 is 0 Å². The molecule has 0 radical (unpaired) electrons. The second-order valence-electron chi connectivity index (χ2n) is 3.65. The second kappa shape index (κ2) is 8.91. The van der Waals surface area contributed by atoms with Gasteiger partial charge in [-0.1, -0.05) is 14.0 Å². The lowest BCUT2D eigenvalue weighted by molar-refractivity contribution is -0.137. The van der Waals surface area contributed by atoms with E-state index < -0.39 is 5.97 Å². The number of hydrogen-bond donors (Lipinski definition) is 0. The van der Waals surface area contributed by atoms with Crippen LogP contribution in [0.25, 0.3) is 0 Å². The summed E-state index contributed by atoms with van der Waals surface area (Å²) in [5.74, 6) is 0.286. The third kappa shape index (κ3) is 6.41. The van der Waals surface area contributed by atoms with Crippen LogP contribution in [-0.2, 0) is 9.53 Å². The largest absolute Gasteiger partial charge is 0.493 e. The van der Waals surface area contributed by atoms with Crippen molar-refractivity contribution >= 4 is 11.8 Å². The fourth-order valence-corrected chi connectivity index (χ4v) is 1.27. The van der Waals surface area contributed by atoms with Gasteiger partial charge in [0, 0.05) is 18.1 Å². The summed E-state index contributed by atoms with van der Waals surface area (Å²) in [4.78, 5) is 21.8. The van der Waals surface area contributed by atoms with Crippen LogP contribution in [0.4, 0.5) is 0 Å². The van der Waals surface area contributed by atoms with Crippen molar-refractivity contribution < 1.29 is 19.1 Å². The van der Waals surface area contributed by atoms with Crippen molar-refractivity contribution in [3.05, 3.63) is 42.5 Å². The summed E-state index contributed by atoms with van der Waals surface area (Å²) in [6.45, 7) is 5.56. The van der Waals surface area contributed by atoms with Gasteiger partial charge in [-0.25, -0.2) is 4.79 Å². The van der Waals surface area contributed by atoms with Gasteiger partial charge in [0.25, 0.3) is 0 Å². The number of carbonyl (C=O) groups excluding carboxylic acids is 2. The van der Waals surface area contributed by atoms with E-state index in [1.165, 1.54) is 6.92 Å². The van der Waals surface area contributed by atoms with Crippen LogP contribution in [0.1, 0.15) is 31.1 Å². The quantitative estimate of drug-likeness (QED) is 0.329. The first-order valence-electron chi connectivity index (χ1n) is 5.66. The number of Topliss-reactive ketones (excluding diaryl/α,β-unsaturated/α-hetero) is 1. The van der Waals surface area contributed by atoms with Gasteiger partial charge in [-0.15, -0.1) is 0 Å². The summed E-state index contributed by atoms with van der Waals surface area (Å²) in [5, 5.41) is 0. The molecule has 0 saturated heterocycles. The van der Waals surface area contributed by atoms with Crippen molar-refractivity contribution in [2.75, 3.05) is 13.2 Å². The van der Waals surface area contributed by atoms with E-state index in [1.807, 2.05) is 0 Å². The Kier molecular flexibility index (Phi) is 7.93. The lowest BCUT2D eigenvalue weighted by Crippen LogP contribution is -2.06. The molecular formula is C15H20O4. The minimum Gasteiger partial charge on any atom is -0.493 e. The summed E-state index contributed by atoms with van der Waals surface area (Å²) in [6.07, 6.45) is 1.73. The highest BCUT2D eigenvalue weighted by Crippen LogP contribution is 2.12. The smallest absolute Gasteiger partial charge is 0.330 e. The zero-order chi connectivity index (χ0) is 13.4. The molecule has 4 nitrogen and oxygen atoms in total. The van der Waals surface area contributed by atoms with E-state index in [1.54, 1.807) is 24.3 Å². The van der Waals surface area contributed by atoms with Gasteiger partial charge in [-0.2, -0.15) is 0 Å². The normalized spacial score (nSPS) is 9.11. The third-order valence-corrected chi connectivity index (χ3v) is 2.23. The van der Waals surface area contributed by atoms with Gasteiger partial charge in [0.1, 0.15) is 5.75 Å². The van der Waals surface area contributed by atoms with Crippen LogP contribution in [0.15, 0.2) is 36.9 Å². The number of carbonyl (C=O) groups is 2. The monoisotopic (exact) mass is 264 g/mol. The van der Waals surface area contributed by atoms with Crippen LogP contribution < -0.4 is 4.74 Å². The molecule has 0 atom stereocenters. The van der Waals surface area contributed by atoms with Gasteiger partial charge in [-0.3, -0.25) is 4.79 Å². The first-order valence-corrected chi connectivity index (χ1v) is 5.66. The fourth-order valence-electron chi connectivity index (χ4n) is 1.27. The molecule has 0 saturated carbocycles. The zero-order valence-electron chi connectivity index (χ0n) is 10.3. The maximum atomic E-state index is 11.1. The molecular weight excluding hydrogens is 244 g/mol. The Morgan fingerprint density at radius 3 is 2.37 bits per heavy atom. The number of benzene rings is 1. The number of esters is 1. The van der Waals surface area contributed by atoms with E-state index in [0.717, 1.165) is 6.08 Å². The molecule has 0 fully saturated rings. The van der Waals surface area contributed by atoms with Gasteiger partial charge in [0.15, 0.2) is 5.78 Å². The van der Waals surface area contributed by atoms with Gasteiger partial charge in [0.2, 0.25) is 0 Å². The molecule has 0 aliphatic heterocycles. The number of ketones is 1. The van der Waals surface area contributed by atoms with Crippen LogP contribution in [0, 0.1) is 0 Å². The molecule has 0 aromatic heterocycles. The van der Waals surface area contributed by atoms with Crippen LogP contribution in [0.3, 0.4) is 0 Å². The maximum absolute atomic E-state index is 11.1. The molecule has 0 aliphatic rings. The van der Waals surface area contributed by atoms with Gasteiger partial charge >= 0.3 is 5.97 Å². The molecule has 0 bridgehead atoms. The summed E-state index contributed by atoms with van der Waals surface area (Å²) >= 11 is 0. The minimum atomic E-state index is -0.430. The van der Waals surface area contributed by atoms with E-state index in [4.69, 9.17) is 9.47 Å². The van der Waals surface area contributed by atoms with Gasteiger partial charge in [0.05, 0.1) is 13.2 Å². The molecule has 0 spiro atoms. The molecule has 0 N–H and O–H groups in total. The first kappa shape index (κ1) is 16.9. The minimum absolute atomic E-state index is 0. The average Bonchev–Trinajstić information content (AvgIpc) is 2.38. The second-order valence-corrected chi connectivity index (χ2v) is 3.65. The highest BCUT2D eigenvalue weighted by atomic mass is 16.5. The molecule has 0 unspecified atom stereocenters. The molecule has 1 rings (SSSR count). The van der Waals surface area contributed by atoms with Crippen LogP contribution in [0.2, 0.25) is 0 Å². The van der Waals surface area contributed by atoms with Crippen LogP contribution in [0.5, 0.6) is 5.75 Å². The Morgan fingerprint density at radius 1 is 1.21 bits per heavy atom. The fraction of sp³-hybridized carbons (Fsp3) is 0.333. The first-order chi connectivity index (χ1) is 8.63. The van der Waals surface area contributed by atoms with Crippen molar-refractivity contribution in [1.82, 2.24) is 0 Å². The molecule has 19 heavy (non-hydrogen) atoms. The molecule has 0 aliphatic carbocycles. The number of hydrogen-bond acceptors (Lipinski definition) is 4. The number of rotatable bonds is 7. The molecule has 0 heterocycles. The lowest BCUT2D eigenvalue weighted by Gasteiger charge is -2.06. The summed E-state index contributed by atoms with van der Waals surface area (Å²) in [7, 11) is 0. The summed E-state index contributed by atoms with van der Waals surface area (Å²) in [6, 6.07) is 6.92. The highest BCUT2D eigenvalue weighted by molar-refractivity contribution is 5.94. The van der Waals surface area contributed by atoms with E-state index in [0.29, 0.717) is 30.9 Å². The Labute approximate surface area is 114 Å². The molecule has 1 aromatic carbocycles. The zero-order valence-corrected chi connectivity index (χ0v) is 10.3. The lowest BCUT2D eigenvalue weighted by atomic mass is 10.1. The molecule has 1 aromatic rings. The summed E-state index contributed by atoms with van der Waals surface area (Å²) in [5.41, 5.74) is 0.655. The van der Waals surface area contributed by atoms with Gasteiger partial charge < -0.3 is 9.47 Å². The standard InChI is InChI=1S/C14H16O4.CH4/c1-3-14(16)18-10-4-9-17-13-7-5-12(6-8-13)11(2)15;/h3,5-8H,1,4,9-10H2,2H3;1H4. The van der Waals surface area contributed by atoms with E-state index in [2.05, 4.69) is 6.58 Å². The van der Waals surface area contributed by atoms with Crippen LogP contribution >= 0.6 is 0 Å². The average molecular weight is 264 g/mol. The predicted octanol–water partition coefficient (Wildman–Crippen LogP) is 3.02. The van der Waals surface area contributed by atoms with Crippen molar-refractivity contribution in [2.45, 2.75) is 20.8 Å². The van der Waals surface area contributed by atoms with Gasteiger partial charge in [-0.05, 0) is 31.2 Å². The maximum Gasteiger partial charge on any atom is 0.330 e. The predicted molar refractivity (Wildman–Crippen MR) is 74.4 cm³/mol. The Hall–Kier alpha value is -2.10. The Bertz CT molecular complexity index is 420. The Morgan fingerprint density at radius 2 is 1.84 bits per heavy atom. The molecule has 0 amide bonds.